The minimum atomic E-state index is 1.22. The Bertz CT molecular complexity index is 3250. The molecule has 0 atom stereocenters. The molecule has 54 heavy (non-hydrogen) atoms. The molecule has 0 bridgehead atoms. The van der Waals surface area contributed by atoms with Crippen LogP contribution >= 0.6 is 0 Å². The molecule has 11 rings (SSSR count). The van der Waals surface area contributed by atoms with E-state index in [4.69, 9.17) is 0 Å². The third-order valence-corrected chi connectivity index (χ3v) is 11.4. The molecule has 0 saturated heterocycles. The van der Waals surface area contributed by atoms with E-state index in [1.165, 1.54) is 109 Å². The zero-order chi connectivity index (χ0) is 35.6. The Morgan fingerprint density at radius 1 is 0.185 bits per heavy atom. The molecule has 0 unspecified atom stereocenters. The molecule has 0 aliphatic carbocycles. The molecule has 11 aromatic carbocycles. The van der Waals surface area contributed by atoms with E-state index >= 15 is 0 Å². The van der Waals surface area contributed by atoms with Gasteiger partial charge in [-0.2, -0.15) is 0 Å². The summed E-state index contributed by atoms with van der Waals surface area (Å²) in [4.78, 5) is 0. The van der Waals surface area contributed by atoms with Crippen molar-refractivity contribution in [2.45, 2.75) is 0 Å². The smallest absolute Gasteiger partial charge is 0.00197 e. The minimum Gasteiger partial charge on any atom is -0.0616 e. The Kier molecular flexibility index (Phi) is 6.97. The van der Waals surface area contributed by atoms with Crippen molar-refractivity contribution in [1.82, 2.24) is 0 Å². The van der Waals surface area contributed by atoms with Crippen molar-refractivity contribution in [1.29, 1.82) is 0 Å². The molecular weight excluding hydrogens is 649 g/mol. The summed E-state index contributed by atoms with van der Waals surface area (Å²) in [5.41, 5.74) is 9.94. The lowest BCUT2D eigenvalue weighted by Gasteiger charge is -2.21. The Labute approximate surface area is 314 Å². The average molecular weight is 683 g/mol. The van der Waals surface area contributed by atoms with Crippen LogP contribution in [0.15, 0.2) is 206 Å². The maximum atomic E-state index is 2.45. The highest BCUT2D eigenvalue weighted by Gasteiger charge is 2.20. The van der Waals surface area contributed by atoms with Gasteiger partial charge in [-0.15, -0.1) is 0 Å². The lowest BCUT2D eigenvalue weighted by Crippen LogP contribution is -1.93. The van der Waals surface area contributed by atoms with Crippen molar-refractivity contribution >= 4 is 64.6 Å². The van der Waals surface area contributed by atoms with Gasteiger partial charge >= 0.3 is 0 Å². The molecule has 250 valence electrons. The van der Waals surface area contributed by atoms with Crippen molar-refractivity contribution in [2.24, 2.45) is 0 Å². The fourth-order valence-corrected chi connectivity index (χ4v) is 8.88. The predicted octanol–water partition coefficient (Wildman–Crippen LogP) is 15.3. The highest BCUT2D eigenvalue weighted by Crippen LogP contribution is 2.48. The van der Waals surface area contributed by atoms with Gasteiger partial charge in [0.1, 0.15) is 0 Å². The Morgan fingerprint density at radius 3 is 1.52 bits per heavy atom. The summed E-state index contributed by atoms with van der Waals surface area (Å²) >= 11 is 0. The van der Waals surface area contributed by atoms with Crippen LogP contribution in [0.5, 0.6) is 0 Å². The summed E-state index contributed by atoms with van der Waals surface area (Å²) in [5, 5.41) is 15.1. The van der Waals surface area contributed by atoms with Crippen LogP contribution in [-0.4, -0.2) is 0 Å². The summed E-state index contributed by atoms with van der Waals surface area (Å²) < 4.78 is 0. The normalized spacial score (nSPS) is 11.7. The zero-order valence-electron chi connectivity index (χ0n) is 29.6. The fraction of sp³-hybridized carbons (Fsp3) is 0. The van der Waals surface area contributed by atoms with Gasteiger partial charge in [0.15, 0.2) is 0 Å². The number of hydrogen-bond acceptors (Lipinski definition) is 0. The lowest BCUT2D eigenvalue weighted by molar-refractivity contribution is 1.63. The lowest BCUT2D eigenvalue weighted by atomic mass is 9.82. The molecule has 0 fully saturated rings. The third-order valence-electron chi connectivity index (χ3n) is 11.4. The van der Waals surface area contributed by atoms with Gasteiger partial charge in [-0.3, -0.25) is 0 Å². The van der Waals surface area contributed by atoms with Crippen molar-refractivity contribution < 1.29 is 0 Å². The van der Waals surface area contributed by atoms with E-state index < -0.39 is 0 Å². The molecule has 0 amide bonds. The molecule has 11 aromatic rings. The molecule has 0 heterocycles. The van der Waals surface area contributed by atoms with Crippen molar-refractivity contribution in [3.05, 3.63) is 206 Å². The second-order valence-electron chi connectivity index (χ2n) is 14.4. The summed E-state index contributed by atoms with van der Waals surface area (Å²) in [6.07, 6.45) is 0. The molecule has 0 radical (unpaired) electrons. The van der Waals surface area contributed by atoms with Crippen molar-refractivity contribution in [3.8, 4) is 44.5 Å². The number of fused-ring (bicyclic) bond motifs is 7. The average Bonchev–Trinajstić information content (AvgIpc) is 3.25. The monoisotopic (exact) mass is 682 g/mol. The molecule has 0 heteroatoms. The quantitative estimate of drug-likeness (QED) is 0.128. The van der Waals surface area contributed by atoms with Gasteiger partial charge in [0.05, 0.1) is 0 Å². The largest absolute Gasteiger partial charge is 0.0616 e. The maximum Gasteiger partial charge on any atom is -0.00197 e. The number of rotatable bonds is 4. The van der Waals surface area contributed by atoms with Gasteiger partial charge in [0.2, 0.25) is 0 Å². The van der Waals surface area contributed by atoms with Crippen LogP contribution in [0.4, 0.5) is 0 Å². The topological polar surface area (TPSA) is 0 Å². The van der Waals surface area contributed by atoms with Gasteiger partial charge in [-0.25, -0.2) is 0 Å². The second kappa shape index (κ2) is 12.3. The summed E-state index contributed by atoms with van der Waals surface area (Å²) in [6, 6.07) is 76.2. The van der Waals surface area contributed by atoms with Crippen LogP contribution in [0.2, 0.25) is 0 Å². The number of hydrogen-bond donors (Lipinski definition) is 0. The Hall–Kier alpha value is -7.02. The summed E-state index contributed by atoms with van der Waals surface area (Å²) in [5.74, 6) is 0. The first-order valence-electron chi connectivity index (χ1n) is 18.8. The fourth-order valence-electron chi connectivity index (χ4n) is 8.88. The van der Waals surface area contributed by atoms with Crippen LogP contribution in [0.3, 0.4) is 0 Å². The van der Waals surface area contributed by atoms with E-state index in [9.17, 15) is 0 Å². The van der Waals surface area contributed by atoms with E-state index in [2.05, 4.69) is 206 Å². The van der Waals surface area contributed by atoms with Gasteiger partial charge in [0.25, 0.3) is 0 Å². The molecule has 0 aliphatic rings. The van der Waals surface area contributed by atoms with Crippen molar-refractivity contribution in [3.63, 3.8) is 0 Å². The molecule has 0 spiro atoms. The van der Waals surface area contributed by atoms with E-state index in [1.54, 1.807) is 0 Å². The highest BCUT2D eigenvalue weighted by molar-refractivity contribution is 6.26. The van der Waals surface area contributed by atoms with Crippen LogP contribution in [0.25, 0.3) is 109 Å². The van der Waals surface area contributed by atoms with Gasteiger partial charge in [0, 0.05) is 0 Å². The molecule has 0 nitrogen and oxygen atoms in total. The van der Waals surface area contributed by atoms with Gasteiger partial charge in [-0.1, -0.05) is 188 Å². The maximum absolute atomic E-state index is 2.45. The number of benzene rings is 11. The Morgan fingerprint density at radius 2 is 0.722 bits per heavy atom. The highest BCUT2D eigenvalue weighted by atomic mass is 14.2. The van der Waals surface area contributed by atoms with Gasteiger partial charge < -0.3 is 0 Å². The standard InChI is InChI=1S/C54H34/c1-2-14-39-32-40(29-26-35(39)12-1)36-24-27-38(28-25-36)53-48-21-9-10-22-49(48)54(51-33-41-15-4-6-18-45(41)46-19-7-8-20-47(46)51)52-34-42(30-31-50(52)53)44-23-11-16-37-13-3-5-17-43(37)44/h1-34H. The van der Waals surface area contributed by atoms with Crippen LogP contribution in [0.1, 0.15) is 0 Å². The summed E-state index contributed by atoms with van der Waals surface area (Å²) in [6.45, 7) is 0. The van der Waals surface area contributed by atoms with Crippen molar-refractivity contribution in [2.75, 3.05) is 0 Å². The van der Waals surface area contributed by atoms with Gasteiger partial charge in [-0.05, 0) is 127 Å². The Balaban J connectivity index is 1.21. The molecule has 0 N–H and O–H groups in total. The predicted molar refractivity (Wildman–Crippen MR) is 233 cm³/mol. The minimum absolute atomic E-state index is 1.22. The third kappa shape index (κ3) is 4.85. The van der Waals surface area contributed by atoms with E-state index in [1.807, 2.05) is 0 Å². The first-order chi connectivity index (χ1) is 26.8. The first-order valence-corrected chi connectivity index (χ1v) is 18.8. The SMILES string of the molecule is c1ccc2cc(-c3ccc(-c4c5ccccc5c(-c5cc6ccccc6c6ccccc56)c5cc(-c6cccc7ccccc67)ccc45)cc3)ccc2c1. The van der Waals surface area contributed by atoms with Crippen LogP contribution in [0, 0.1) is 0 Å². The molecule has 0 aromatic heterocycles. The summed E-state index contributed by atoms with van der Waals surface area (Å²) in [7, 11) is 0. The second-order valence-corrected chi connectivity index (χ2v) is 14.4. The first kappa shape index (κ1) is 30.6. The molecule has 0 saturated carbocycles. The zero-order valence-corrected chi connectivity index (χ0v) is 29.6. The van der Waals surface area contributed by atoms with Crippen LogP contribution < -0.4 is 0 Å². The van der Waals surface area contributed by atoms with E-state index in [0.717, 1.165) is 0 Å². The molecular formula is C54H34. The molecule has 0 aliphatic heterocycles. The van der Waals surface area contributed by atoms with Crippen LogP contribution in [-0.2, 0) is 0 Å². The van der Waals surface area contributed by atoms with E-state index in [0.29, 0.717) is 0 Å². The van der Waals surface area contributed by atoms with E-state index in [-0.39, 0.29) is 0 Å².